The van der Waals surface area contributed by atoms with Gasteiger partial charge in [0.25, 0.3) is 0 Å². The van der Waals surface area contributed by atoms with Crippen molar-refractivity contribution in [3.8, 4) is 17.1 Å². The predicted molar refractivity (Wildman–Crippen MR) is 86.3 cm³/mol. The lowest BCUT2D eigenvalue weighted by Crippen LogP contribution is -2.22. The van der Waals surface area contributed by atoms with Gasteiger partial charge in [-0.05, 0) is 45.7 Å². The molecule has 0 aromatic carbocycles. The van der Waals surface area contributed by atoms with E-state index in [4.69, 9.17) is 9.84 Å². The molecule has 1 saturated carbocycles. The molecule has 1 aliphatic carbocycles. The lowest BCUT2D eigenvalue weighted by molar-refractivity contribution is 0.152. The minimum absolute atomic E-state index is 0.379. The fourth-order valence-corrected chi connectivity index (χ4v) is 3.48. The Morgan fingerprint density at radius 2 is 2.18 bits per heavy atom. The Hall–Kier alpha value is -2.04. The molecule has 1 N–H and O–H groups in total. The van der Waals surface area contributed by atoms with E-state index in [1.54, 1.807) is 0 Å². The maximum atomic E-state index is 6.10. The summed E-state index contributed by atoms with van der Waals surface area (Å²) in [6, 6.07) is 4.98. The maximum absolute atomic E-state index is 6.10. The van der Waals surface area contributed by atoms with Gasteiger partial charge in [-0.3, -0.25) is 0 Å². The van der Waals surface area contributed by atoms with Gasteiger partial charge in [0.2, 0.25) is 5.88 Å². The van der Waals surface area contributed by atoms with Crippen molar-refractivity contribution in [1.29, 1.82) is 0 Å². The van der Waals surface area contributed by atoms with E-state index in [9.17, 15) is 0 Å². The molecule has 0 radical (unpaired) electrons. The van der Waals surface area contributed by atoms with Crippen molar-refractivity contribution in [2.45, 2.75) is 58.2 Å². The molecule has 2 atom stereocenters. The number of hydrogen-bond acceptors (Lipinski definition) is 4. The van der Waals surface area contributed by atoms with Crippen LogP contribution in [0.15, 0.2) is 18.3 Å². The quantitative estimate of drug-likeness (QED) is 0.941. The maximum Gasteiger partial charge on any atom is 0.215 e. The van der Waals surface area contributed by atoms with Gasteiger partial charge in [0.1, 0.15) is 17.6 Å². The van der Waals surface area contributed by atoms with Crippen LogP contribution in [0.2, 0.25) is 0 Å². The Balaban J connectivity index is 1.67. The molecule has 2 aliphatic rings. The van der Waals surface area contributed by atoms with Crippen molar-refractivity contribution < 1.29 is 4.74 Å². The number of ether oxygens (including phenoxy) is 1. The number of rotatable bonds is 3. The average Bonchev–Trinajstić information content (AvgIpc) is 3.03. The fraction of sp³-hybridized carbons (Fsp3) is 0.529. The van der Waals surface area contributed by atoms with Crippen molar-refractivity contribution >= 4 is 5.82 Å². The van der Waals surface area contributed by atoms with Crippen LogP contribution >= 0.6 is 0 Å². The third kappa shape index (κ3) is 2.16. The molecule has 1 aliphatic heterocycles. The van der Waals surface area contributed by atoms with E-state index in [0.717, 1.165) is 41.4 Å². The van der Waals surface area contributed by atoms with Crippen LogP contribution in [-0.4, -0.2) is 26.9 Å². The molecule has 2 bridgehead atoms. The molecule has 116 valence electrons. The summed E-state index contributed by atoms with van der Waals surface area (Å²) < 4.78 is 8.19. The molecule has 1 fully saturated rings. The molecule has 3 heterocycles. The van der Waals surface area contributed by atoms with Gasteiger partial charge < -0.3 is 10.1 Å². The molecule has 0 saturated heterocycles. The largest absolute Gasteiger partial charge is 0.474 e. The molecule has 22 heavy (non-hydrogen) atoms. The highest BCUT2D eigenvalue weighted by Crippen LogP contribution is 2.43. The second kappa shape index (κ2) is 5.00. The summed E-state index contributed by atoms with van der Waals surface area (Å²) in [7, 11) is 0. The summed E-state index contributed by atoms with van der Waals surface area (Å²) in [5, 5.41) is 8.13. The van der Waals surface area contributed by atoms with Gasteiger partial charge in [-0.25, -0.2) is 9.67 Å². The van der Waals surface area contributed by atoms with E-state index < -0.39 is 0 Å². The Bertz CT molecular complexity index is 689. The van der Waals surface area contributed by atoms with E-state index in [-0.39, 0.29) is 0 Å². The first-order valence-corrected chi connectivity index (χ1v) is 8.10. The van der Waals surface area contributed by atoms with Crippen LogP contribution in [0.25, 0.3) is 11.3 Å². The van der Waals surface area contributed by atoms with Gasteiger partial charge in [0, 0.05) is 29.8 Å². The third-order valence-corrected chi connectivity index (χ3v) is 4.55. The molecule has 5 nitrogen and oxygen atoms in total. The van der Waals surface area contributed by atoms with Gasteiger partial charge in [0.05, 0.1) is 6.04 Å². The fourth-order valence-electron chi connectivity index (χ4n) is 3.48. The van der Waals surface area contributed by atoms with E-state index >= 15 is 0 Å². The molecule has 0 spiro atoms. The molecule has 2 aromatic heterocycles. The second-order valence-corrected chi connectivity index (χ2v) is 6.66. The van der Waals surface area contributed by atoms with Crippen LogP contribution in [0.4, 0.5) is 5.82 Å². The molecule has 2 aromatic rings. The average molecular weight is 298 g/mol. The lowest BCUT2D eigenvalue weighted by Gasteiger charge is -2.22. The topological polar surface area (TPSA) is 52.0 Å². The molecule has 0 unspecified atom stereocenters. The minimum Gasteiger partial charge on any atom is -0.474 e. The number of anilines is 1. The normalized spacial score (nSPS) is 22.5. The number of pyridine rings is 1. The minimum atomic E-state index is 0.379. The lowest BCUT2D eigenvalue weighted by atomic mass is 10.1. The zero-order chi connectivity index (χ0) is 15.3. The summed E-state index contributed by atoms with van der Waals surface area (Å²) in [6.07, 6.45) is 5.71. The highest BCUT2D eigenvalue weighted by molar-refractivity contribution is 5.65. The number of nitrogens with one attached hydrogen (secondary N) is 1. The van der Waals surface area contributed by atoms with E-state index in [0.29, 0.717) is 18.2 Å². The molecular formula is C17H22N4O. The summed E-state index contributed by atoms with van der Waals surface area (Å²) in [6.45, 7) is 6.31. The van der Waals surface area contributed by atoms with Crippen molar-refractivity contribution in [2.75, 3.05) is 5.32 Å². The summed E-state index contributed by atoms with van der Waals surface area (Å²) in [5.74, 6) is 1.86. The van der Waals surface area contributed by atoms with Crippen LogP contribution in [0.5, 0.6) is 5.88 Å². The number of nitrogens with zero attached hydrogens (tertiary/aromatic N) is 3. The van der Waals surface area contributed by atoms with Gasteiger partial charge in [0.15, 0.2) is 0 Å². The Labute approximate surface area is 130 Å². The van der Waals surface area contributed by atoms with Crippen LogP contribution in [-0.2, 0) is 0 Å². The first-order chi connectivity index (χ1) is 10.6. The smallest absolute Gasteiger partial charge is 0.215 e. The number of hydrogen-bond donors (Lipinski definition) is 1. The predicted octanol–water partition coefficient (Wildman–Crippen LogP) is 3.56. The molecular weight excluding hydrogens is 276 g/mol. The summed E-state index contributed by atoms with van der Waals surface area (Å²) in [4.78, 5) is 4.49. The zero-order valence-corrected chi connectivity index (χ0v) is 13.3. The Kier molecular flexibility index (Phi) is 3.10. The molecule has 4 rings (SSSR count). The van der Waals surface area contributed by atoms with E-state index in [1.165, 1.54) is 6.42 Å². The van der Waals surface area contributed by atoms with Crippen LogP contribution in [0.3, 0.4) is 0 Å². The molecule has 5 heteroatoms. The van der Waals surface area contributed by atoms with Gasteiger partial charge in [-0.15, -0.1) is 0 Å². The van der Waals surface area contributed by atoms with Crippen LogP contribution < -0.4 is 10.1 Å². The van der Waals surface area contributed by atoms with Crippen LogP contribution in [0, 0.1) is 6.92 Å². The molecule has 0 amide bonds. The number of aromatic nitrogens is 3. The van der Waals surface area contributed by atoms with E-state index in [2.05, 4.69) is 41.8 Å². The number of fused-ring (bicyclic) bond motifs is 4. The van der Waals surface area contributed by atoms with Crippen LogP contribution in [0.1, 0.15) is 44.7 Å². The SMILES string of the molecule is Cc1c(-c2ccc(NC(C)C)nc2)nn2c1O[C@H]1CC[C@@H]2C1. The van der Waals surface area contributed by atoms with Crippen molar-refractivity contribution in [1.82, 2.24) is 14.8 Å². The van der Waals surface area contributed by atoms with E-state index in [1.807, 2.05) is 12.3 Å². The first-order valence-electron chi connectivity index (χ1n) is 8.10. The summed E-state index contributed by atoms with van der Waals surface area (Å²) >= 11 is 0. The van der Waals surface area contributed by atoms with Crippen molar-refractivity contribution in [2.24, 2.45) is 0 Å². The summed E-state index contributed by atoms with van der Waals surface area (Å²) in [5.41, 5.74) is 3.17. The Morgan fingerprint density at radius 3 is 2.91 bits per heavy atom. The van der Waals surface area contributed by atoms with Crippen molar-refractivity contribution in [3.63, 3.8) is 0 Å². The van der Waals surface area contributed by atoms with Gasteiger partial charge >= 0.3 is 0 Å². The second-order valence-electron chi connectivity index (χ2n) is 6.66. The first kappa shape index (κ1) is 13.6. The highest BCUT2D eigenvalue weighted by atomic mass is 16.5. The zero-order valence-electron chi connectivity index (χ0n) is 13.3. The third-order valence-electron chi connectivity index (χ3n) is 4.55. The van der Waals surface area contributed by atoms with Gasteiger partial charge in [-0.2, -0.15) is 5.10 Å². The van der Waals surface area contributed by atoms with Gasteiger partial charge in [-0.1, -0.05) is 0 Å². The monoisotopic (exact) mass is 298 g/mol. The van der Waals surface area contributed by atoms with Crippen molar-refractivity contribution in [3.05, 3.63) is 23.9 Å². The standard InChI is InChI=1S/C17H22N4O/c1-10(2)19-15-7-4-12(9-18-15)16-11(3)17-21(20-16)13-5-6-14(8-13)22-17/h4,7,9-10,13-14H,5-6,8H2,1-3H3,(H,18,19)/t13-,14+/m1/s1. The Morgan fingerprint density at radius 1 is 1.32 bits per heavy atom. The highest BCUT2D eigenvalue weighted by Gasteiger charge is 2.37.